The van der Waals surface area contributed by atoms with Gasteiger partial charge in [-0.3, -0.25) is 4.90 Å². The number of phenols is 3. The number of nitrogens with one attached hydrogen (secondary N) is 1. The zero-order valence-corrected chi connectivity index (χ0v) is 23.2. The lowest BCUT2D eigenvalue weighted by molar-refractivity contribution is -0.109. The summed E-state index contributed by atoms with van der Waals surface area (Å²) in [7, 11) is 4.96. The molecule has 3 aliphatic heterocycles. The van der Waals surface area contributed by atoms with Crippen molar-refractivity contribution in [3.8, 4) is 28.7 Å². The Kier molecular flexibility index (Phi) is 6.65. The molecule has 0 amide bonds. The van der Waals surface area contributed by atoms with Crippen molar-refractivity contribution in [3.05, 3.63) is 45.1 Å². The van der Waals surface area contributed by atoms with Crippen molar-refractivity contribution in [2.75, 3.05) is 27.8 Å². The third-order valence-corrected chi connectivity index (χ3v) is 8.76. The maximum Gasteiger partial charge on any atom is 0.167 e. The first-order chi connectivity index (χ1) is 18.1. The minimum atomic E-state index is -0.897. The number of hydrogen-bond donors (Lipinski definition) is 5. The quantitative estimate of drug-likeness (QED) is 0.362. The van der Waals surface area contributed by atoms with E-state index < -0.39 is 18.3 Å². The van der Waals surface area contributed by atoms with E-state index >= 15 is 0 Å². The summed E-state index contributed by atoms with van der Waals surface area (Å²) >= 11 is 0. The fourth-order valence-electron chi connectivity index (χ4n) is 6.57. The predicted octanol–water partition coefficient (Wildman–Crippen LogP) is 3.45. The van der Waals surface area contributed by atoms with Crippen molar-refractivity contribution in [2.45, 2.75) is 70.9 Å². The molecule has 3 heterocycles. The van der Waals surface area contributed by atoms with Crippen LogP contribution in [-0.2, 0) is 6.42 Å². The van der Waals surface area contributed by atoms with Crippen LogP contribution in [0.3, 0.4) is 0 Å². The normalized spacial score (nSPS) is 24.7. The number of benzene rings is 2. The molecule has 5 N–H and O–H groups in total. The molecule has 2 aromatic carbocycles. The lowest BCUT2D eigenvalue weighted by Crippen LogP contribution is -2.63. The zero-order valence-electron chi connectivity index (χ0n) is 23.2. The van der Waals surface area contributed by atoms with Crippen LogP contribution in [-0.4, -0.2) is 76.3 Å². The van der Waals surface area contributed by atoms with E-state index in [1.165, 1.54) is 7.11 Å². The molecule has 3 aliphatic rings. The second-order valence-corrected chi connectivity index (χ2v) is 10.8. The predicted molar refractivity (Wildman–Crippen MR) is 145 cm³/mol. The van der Waals surface area contributed by atoms with E-state index in [-0.39, 0.29) is 35.1 Å². The number of likely N-dealkylation sites (N-methyl/N-ethyl adjacent to an activating group) is 1. The van der Waals surface area contributed by atoms with Crippen LogP contribution < -0.4 is 14.8 Å². The third-order valence-electron chi connectivity index (χ3n) is 8.76. The monoisotopic (exact) mass is 525 g/mol. The number of methoxy groups -OCH3 is 2. The summed E-state index contributed by atoms with van der Waals surface area (Å²) in [6, 6.07) is 1.08. The topological polar surface area (TPSA) is 118 Å². The van der Waals surface area contributed by atoms with E-state index in [4.69, 9.17) is 9.47 Å². The minimum Gasteiger partial charge on any atom is -0.507 e. The first-order valence-electron chi connectivity index (χ1n) is 13.2. The first-order valence-corrected chi connectivity index (χ1v) is 13.2. The largest absolute Gasteiger partial charge is 0.507 e. The Morgan fingerprint density at radius 1 is 1.05 bits per heavy atom. The van der Waals surface area contributed by atoms with Crippen LogP contribution in [0.15, 0.2) is 11.8 Å². The number of aryl methyl sites for hydroxylation is 1. The minimum absolute atomic E-state index is 0.0244. The lowest BCUT2D eigenvalue weighted by Gasteiger charge is -2.57. The van der Waals surface area contributed by atoms with Gasteiger partial charge in [0.1, 0.15) is 12.0 Å². The van der Waals surface area contributed by atoms with Crippen LogP contribution >= 0.6 is 0 Å². The highest BCUT2D eigenvalue weighted by Gasteiger charge is 2.52. The van der Waals surface area contributed by atoms with Gasteiger partial charge < -0.3 is 40.1 Å². The Labute approximate surface area is 223 Å². The Bertz CT molecular complexity index is 1310. The molecule has 5 rings (SSSR count). The van der Waals surface area contributed by atoms with Gasteiger partial charge in [0.25, 0.3) is 0 Å². The number of aliphatic hydroxyl groups is 1. The molecule has 1 saturated heterocycles. The van der Waals surface area contributed by atoms with Crippen LogP contribution in [0.5, 0.6) is 28.7 Å². The van der Waals surface area contributed by atoms with Gasteiger partial charge in [-0.25, -0.2) is 0 Å². The number of fused-ring (bicyclic) bond motifs is 7. The molecule has 2 bridgehead atoms. The van der Waals surface area contributed by atoms with Crippen molar-refractivity contribution in [1.82, 2.24) is 15.1 Å². The highest BCUT2D eigenvalue weighted by Crippen LogP contribution is 2.57. The van der Waals surface area contributed by atoms with Gasteiger partial charge in [-0.2, -0.15) is 0 Å². The zero-order chi connectivity index (χ0) is 27.6. The number of piperazine rings is 1. The molecular weight excluding hydrogens is 486 g/mol. The van der Waals surface area contributed by atoms with Crippen molar-refractivity contribution < 1.29 is 29.9 Å². The van der Waals surface area contributed by atoms with Gasteiger partial charge in [-0.15, -0.1) is 0 Å². The van der Waals surface area contributed by atoms with E-state index in [2.05, 4.69) is 24.1 Å². The second kappa shape index (κ2) is 9.55. The average molecular weight is 526 g/mol. The highest BCUT2D eigenvalue weighted by atomic mass is 16.5. The maximum absolute atomic E-state index is 11.9. The standard InChI is InChI=1S/C29H39N3O6/c1-8-14(3)30-12-20-22-17(24(33)15(4)28(38-7)26(22)35)11-18-23-21-16(9-13(2)27(37-6)25(21)34)10-19(31(23)5)29(36)32(18)20/h9,11,14,19-20,23,29-30,33-36H,8,10,12H2,1-7H3/t14?,19?,20-,23?,29-/m0/s1. The Balaban J connectivity index is 1.79. The Morgan fingerprint density at radius 2 is 1.71 bits per heavy atom. The maximum atomic E-state index is 11.9. The fraction of sp³-hybridized carbons (Fsp3) is 0.517. The van der Waals surface area contributed by atoms with Crippen molar-refractivity contribution in [2.24, 2.45) is 0 Å². The molecule has 1 fully saturated rings. The number of phenolic OH excluding ortho intramolecular Hbond substituents is 3. The van der Waals surface area contributed by atoms with Gasteiger partial charge in [0, 0.05) is 40.5 Å². The molecule has 0 saturated carbocycles. The van der Waals surface area contributed by atoms with Crippen LogP contribution in [0.25, 0.3) is 6.08 Å². The molecule has 38 heavy (non-hydrogen) atoms. The number of aliphatic hydroxyl groups excluding tert-OH is 1. The lowest BCUT2D eigenvalue weighted by atomic mass is 9.77. The summed E-state index contributed by atoms with van der Waals surface area (Å²) in [6.07, 6.45) is 2.38. The molecule has 5 atom stereocenters. The molecule has 2 aromatic rings. The van der Waals surface area contributed by atoms with Crippen LogP contribution in [0.1, 0.15) is 65.7 Å². The van der Waals surface area contributed by atoms with Gasteiger partial charge in [0.05, 0.1) is 32.3 Å². The first kappa shape index (κ1) is 26.5. The summed E-state index contributed by atoms with van der Waals surface area (Å²) in [5, 5.41) is 49.5. The SMILES string of the molecule is CCC(C)NC[C@H]1c2c(O)c(OC)c(C)c(O)c2C=C2C3c4c(cc(C)c(OC)c4O)CC([C@H](O)N21)N3C. The number of ether oxygens (including phenoxy) is 2. The summed E-state index contributed by atoms with van der Waals surface area (Å²) in [5.41, 5.74) is 4.72. The molecule has 0 aromatic heterocycles. The van der Waals surface area contributed by atoms with Crippen molar-refractivity contribution in [1.29, 1.82) is 0 Å². The van der Waals surface area contributed by atoms with E-state index in [1.807, 2.05) is 31.0 Å². The number of nitrogens with zero attached hydrogens (tertiary/aromatic N) is 2. The van der Waals surface area contributed by atoms with Crippen LogP contribution in [0.2, 0.25) is 0 Å². The number of hydrogen-bond acceptors (Lipinski definition) is 9. The summed E-state index contributed by atoms with van der Waals surface area (Å²) in [4.78, 5) is 4.02. The molecule has 206 valence electrons. The van der Waals surface area contributed by atoms with Crippen molar-refractivity contribution >= 4 is 6.08 Å². The van der Waals surface area contributed by atoms with E-state index in [1.54, 1.807) is 14.0 Å². The second-order valence-electron chi connectivity index (χ2n) is 10.8. The van der Waals surface area contributed by atoms with Gasteiger partial charge in [-0.1, -0.05) is 13.0 Å². The van der Waals surface area contributed by atoms with Crippen molar-refractivity contribution in [3.63, 3.8) is 0 Å². The Morgan fingerprint density at radius 3 is 2.34 bits per heavy atom. The summed E-state index contributed by atoms with van der Waals surface area (Å²) in [6.45, 7) is 8.22. The molecular formula is C29H39N3O6. The highest BCUT2D eigenvalue weighted by molar-refractivity contribution is 5.76. The fourth-order valence-corrected chi connectivity index (χ4v) is 6.57. The number of rotatable bonds is 6. The molecule has 0 spiro atoms. The Hall–Kier alpha value is -3.14. The van der Waals surface area contributed by atoms with E-state index in [0.717, 1.165) is 28.8 Å². The molecule has 0 aliphatic carbocycles. The average Bonchev–Trinajstić information content (AvgIpc) is 2.89. The van der Waals surface area contributed by atoms with E-state index in [0.29, 0.717) is 35.4 Å². The molecule has 3 unspecified atom stereocenters. The van der Waals surface area contributed by atoms with Gasteiger partial charge in [0.15, 0.2) is 23.0 Å². The van der Waals surface area contributed by atoms with Gasteiger partial charge in [-0.05, 0) is 57.9 Å². The van der Waals surface area contributed by atoms with Crippen LogP contribution in [0.4, 0.5) is 0 Å². The van der Waals surface area contributed by atoms with E-state index in [9.17, 15) is 20.4 Å². The number of aromatic hydroxyl groups is 3. The van der Waals surface area contributed by atoms with Gasteiger partial charge in [0.2, 0.25) is 0 Å². The summed E-state index contributed by atoms with van der Waals surface area (Å²) < 4.78 is 11.0. The molecule has 9 nitrogen and oxygen atoms in total. The molecule has 9 heteroatoms. The molecule has 0 radical (unpaired) electrons. The third kappa shape index (κ3) is 3.63. The van der Waals surface area contributed by atoms with Gasteiger partial charge >= 0.3 is 0 Å². The summed E-state index contributed by atoms with van der Waals surface area (Å²) in [5.74, 6) is 0.727. The smallest absolute Gasteiger partial charge is 0.167 e. The van der Waals surface area contributed by atoms with Crippen LogP contribution in [0, 0.1) is 13.8 Å².